The van der Waals surface area contributed by atoms with Crippen LogP contribution in [0.1, 0.15) is 30.4 Å². The van der Waals surface area contributed by atoms with Crippen LogP contribution in [0.15, 0.2) is 29.3 Å². The summed E-state index contributed by atoms with van der Waals surface area (Å²) in [5.41, 5.74) is 2.66. The average Bonchev–Trinajstić information content (AvgIpc) is 2.57. The second kappa shape index (κ2) is 11.9. The number of hydrogen-bond donors (Lipinski definition) is 2. The van der Waals surface area contributed by atoms with Gasteiger partial charge in [0.25, 0.3) is 0 Å². The van der Waals surface area contributed by atoms with Crippen LogP contribution in [0.4, 0.5) is 0 Å². The quantitative estimate of drug-likeness (QED) is 0.391. The van der Waals surface area contributed by atoms with Gasteiger partial charge in [-0.05, 0) is 31.9 Å². The Labute approximate surface area is 147 Å². The van der Waals surface area contributed by atoms with Crippen molar-refractivity contribution >= 4 is 5.96 Å². The summed E-state index contributed by atoms with van der Waals surface area (Å²) in [5, 5.41) is 6.79. The lowest BCUT2D eigenvalue weighted by atomic mass is 9.99. The highest BCUT2D eigenvalue weighted by atomic mass is 16.5. The Balaban J connectivity index is 2.27. The Morgan fingerprint density at radius 1 is 1.29 bits per heavy atom. The molecule has 1 rings (SSSR count). The Bertz CT molecular complexity index is 490. The fourth-order valence-corrected chi connectivity index (χ4v) is 2.52. The fraction of sp³-hybridized carbons (Fsp3) is 0.632. The van der Waals surface area contributed by atoms with Crippen LogP contribution in [0, 0.1) is 6.92 Å². The van der Waals surface area contributed by atoms with Gasteiger partial charge in [0.05, 0.1) is 0 Å². The first-order chi connectivity index (χ1) is 11.6. The predicted octanol–water partition coefficient (Wildman–Crippen LogP) is 2.23. The van der Waals surface area contributed by atoms with Crippen molar-refractivity contribution in [3.8, 4) is 0 Å². The lowest BCUT2D eigenvalue weighted by Gasteiger charge is -2.19. The van der Waals surface area contributed by atoms with E-state index in [1.165, 1.54) is 11.1 Å². The molecule has 1 unspecified atom stereocenters. The number of methoxy groups -OCH3 is 1. The van der Waals surface area contributed by atoms with Crippen LogP contribution in [0.2, 0.25) is 0 Å². The number of aliphatic imine (C=N–C) groups is 1. The fourth-order valence-electron chi connectivity index (χ4n) is 2.52. The topological polar surface area (TPSA) is 48.9 Å². The maximum Gasteiger partial charge on any atom is 0.191 e. The van der Waals surface area contributed by atoms with E-state index in [0.29, 0.717) is 5.92 Å². The first-order valence-corrected chi connectivity index (χ1v) is 8.75. The molecule has 1 atom stereocenters. The van der Waals surface area contributed by atoms with Gasteiger partial charge in [0.15, 0.2) is 5.96 Å². The normalized spacial score (nSPS) is 13.2. The van der Waals surface area contributed by atoms with Gasteiger partial charge in [0.1, 0.15) is 0 Å². The van der Waals surface area contributed by atoms with Crippen LogP contribution >= 0.6 is 0 Å². The molecule has 0 amide bonds. The van der Waals surface area contributed by atoms with Crippen molar-refractivity contribution in [1.29, 1.82) is 0 Å². The number of hydrogen-bond acceptors (Lipinski definition) is 3. The Morgan fingerprint density at radius 3 is 2.75 bits per heavy atom. The third-order valence-electron chi connectivity index (χ3n) is 4.08. The predicted molar refractivity (Wildman–Crippen MR) is 103 cm³/mol. The summed E-state index contributed by atoms with van der Waals surface area (Å²) in [6, 6.07) is 8.68. The number of rotatable bonds is 10. The van der Waals surface area contributed by atoms with Crippen LogP contribution < -0.4 is 10.6 Å². The van der Waals surface area contributed by atoms with Crippen molar-refractivity contribution in [2.24, 2.45) is 4.99 Å². The highest BCUT2D eigenvalue weighted by molar-refractivity contribution is 5.79. The van der Waals surface area contributed by atoms with Gasteiger partial charge in [-0.2, -0.15) is 0 Å². The van der Waals surface area contributed by atoms with Crippen molar-refractivity contribution < 1.29 is 4.74 Å². The highest BCUT2D eigenvalue weighted by Crippen LogP contribution is 2.15. The molecule has 0 spiro atoms. The smallest absolute Gasteiger partial charge is 0.191 e. The number of guanidine groups is 1. The molecule has 0 radical (unpaired) electrons. The molecule has 0 aliphatic heterocycles. The Hall–Kier alpha value is -1.59. The van der Waals surface area contributed by atoms with Crippen molar-refractivity contribution in [2.75, 3.05) is 54.0 Å². The minimum Gasteiger partial charge on any atom is -0.385 e. The van der Waals surface area contributed by atoms with E-state index in [1.807, 2.05) is 7.05 Å². The molecular formula is C19H34N4O. The van der Waals surface area contributed by atoms with E-state index >= 15 is 0 Å². The maximum atomic E-state index is 5.08. The summed E-state index contributed by atoms with van der Waals surface area (Å²) in [6.07, 6.45) is 1.06. The van der Waals surface area contributed by atoms with E-state index in [2.05, 4.69) is 65.7 Å². The number of nitrogens with one attached hydrogen (secondary N) is 2. The van der Waals surface area contributed by atoms with Crippen molar-refractivity contribution in [2.45, 2.75) is 26.2 Å². The van der Waals surface area contributed by atoms with Crippen LogP contribution in [-0.2, 0) is 4.74 Å². The van der Waals surface area contributed by atoms with Crippen molar-refractivity contribution in [3.05, 3.63) is 35.4 Å². The lowest BCUT2D eigenvalue weighted by molar-refractivity contribution is 0.180. The monoisotopic (exact) mass is 334 g/mol. The van der Waals surface area contributed by atoms with Gasteiger partial charge in [-0.25, -0.2) is 0 Å². The second-order valence-electron chi connectivity index (χ2n) is 6.34. The van der Waals surface area contributed by atoms with Crippen molar-refractivity contribution in [3.63, 3.8) is 0 Å². The van der Waals surface area contributed by atoms with Gasteiger partial charge < -0.3 is 20.3 Å². The number of nitrogens with zero attached hydrogens (tertiary/aromatic N) is 2. The van der Waals surface area contributed by atoms with Gasteiger partial charge in [0, 0.05) is 46.9 Å². The summed E-state index contributed by atoms with van der Waals surface area (Å²) in [5.74, 6) is 1.31. The minimum atomic E-state index is 0.445. The number of ether oxygens (including phenoxy) is 1. The van der Waals surface area contributed by atoms with E-state index in [0.717, 1.165) is 45.2 Å². The molecular weight excluding hydrogens is 300 g/mol. The van der Waals surface area contributed by atoms with Crippen LogP contribution in [-0.4, -0.2) is 64.9 Å². The molecule has 1 aromatic carbocycles. The molecule has 0 aliphatic rings. The van der Waals surface area contributed by atoms with E-state index in [1.54, 1.807) is 7.11 Å². The molecule has 0 heterocycles. The minimum absolute atomic E-state index is 0.445. The van der Waals surface area contributed by atoms with Gasteiger partial charge >= 0.3 is 0 Å². The maximum absolute atomic E-state index is 5.08. The summed E-state index contributed by atoms with van der Waals surface area (Å²) >= 11 is 0. The highest BCUT2D eigenvalue weighted by Gasteiger charge is 2.07. The van der Waals surface area contributed by atoms with Crippen molar-refractivity contribution in [1.82, 2.24) is 15.5 Å². The van der Waals surface area contributed by atoms with Gasteiger partial charge in [0.2, 0.25) is 0 Å². The van der Waals surface area contributed by atoms with Gasteiger partial charge in [-0.3, -0.25) is 4.99 Å². The molecule has 0 saturated carbocycles. The number of aryl methyl sites for hydroxylation is 1. The second-order valence-corrected chi connectivity index (χ2v) is 6.34. The summed E-state index contributed by atoms with van der Waals surface area (Å²) in [7, 11) is 5.69. The first-order valence-electron chi connectivity index (χ1n) is 8.75. The molecule has 136 valence electrons. The zero-order chi connectivity index (χ0) is 17.8. The van der Waals surface area contributed by atoms with Crippen LogP contribution in [0.5, 0.6) is 0 Å². The molecule has 0 aliphatic carbocycles. The van der Waals surface area contributed by atoms with Gasteiger partial charge in [-0.15, -0.1) is 0 Å². The number of likely N-dealkylation sites (N-methyl/N-ethyl adjacent to an activating group) is 1. The van der Waals surface area contributed by atoms with E-state index < -0.39 is 0 Å². The van der Waals surface area contributed by atoms with E-state index in [9.17, 15) is 0 Å². The molecule has 24 heavy (non-hydrogen) atoms. The molecule has 0 saturated heterocycles. The van der Waals surface area contributed by atoms with Crippen LogP contribution in [0.25, 0.3) is 0 Å². The third kappa shape index (κ3) is 8.31. The van der Waals surface area contributed by atoms with Gasteiger partial charge in [-0.1, -0.05) is 36.8 Å². The molecule has 0 aromatic heterocycles. The molecule has 2 N–H and O–H groups in total. The molecule has 0 fully saturated rings. The summed E-state index contributed by atoms with van der Waals surface area (Å²) in [6.45, 7) is 8.96. The zero-order valence-corrected chi connectivity index (χ0v) is 15.9. The van der Waals surface area contributed by atoms with E-state index in [4.69, 9.17) is 4.74 Å². The molecule has 5 nitrogen and oxygen atoms in total. The molecule has 5 heteroatoms. The standard InChI is InChI=1S/C19H34N4O/c1-16-8-6-9-18(14-16)17(2)15-22-19(20-3)21-10-12-23(4)11-7-13-24-5/h6,8-9,14,17H,7,10-13,15H2,1-5H3,(H2,20,21,22). The lowest BCUT2D eigenvalue weighted by Crippen LogP contribution is -2.42. The SMILES string of the molecule is CN=C(NCCN(C)CCCOC)NCC(C)c1cccc(C)c1. The zero-order valence-electron chi connectivity index (χ0n) is 15.9. The number of benzene rings is 1. The average molecular weight is 335 g/mol. The summed E-state index contributed by atoms with van der Waals surface area (Å²) in [4.78, 5) is 6.60. The van der Waals surface area contributed by atoms with Crippen LogP contribution in [0.3, 0.4) is 0 Å². The van der Waals surface area contributed by atoms with E-state index in [-0.39, 0.29) is 0 Å². The third-order valence-corrected chi connectivity index (χ3v) is 4.08. The summed E-state index contributed by atoms with van der Waals surface area (Å²) < 4.78 is 5.08. The molecule has 0 bridgehead atoms. The largest absolute Gasteiger partial charge is 0.385 e. The first kappa shape index (κ1) is 20.5. The molecule has 1 aromatic rings. The Kier molecular flexibility index (Phi) is 10.1. The Morgan fingerprint density at radius 2 is 2.08 bits per heavy atom.